The fraction of sp³-hybridized carbons (Fsp3) is 0.318. The predicted molar refractivity (Wildman–Crippen MR) is 105 cm³/mol. The Morgan fingerprint density at radius 1 is 0.964 bits per heavy atom. The molecule has 0 saturated heterocycles. The number of carbonyl (C=O) groups is 2. The van der Waals surface area contributed by atoms with E-state index in [1.807, 2.05) is 24.3 Å². The summed E-state index contributed by atoms with van der Waals surface area (Å²) in [5, 5.41) is 28.1. The molecule has 0 atom stereocenters. The SMILES string of the molecule is N#CC1(c2ccccc2)CCC(NCc2ccccc2)CC1.O=C(O)C(=O)O. The van der Waals surface area contributed by atoms with Crippen LogP contribution < -0.4 is 5.32 Å². The Bertz CT molecular complexity index is 795. The number of hydrogen-bond acceptors (Lipinski definition) is 4. The van der Waals surface area contributed by atoms with Gasteiger partial charge in [0, 0.05) is 12.6 Å². The second kappa shape index (κ2) is 10.2. The minimum absolute atomic E-state index is 0.286. The maximum absolute atomic E-state index is 9.72. The van der Waals surface area contributed by atoms with Crippen LogP contribution in [0, 0.1) is 11.3 Å². The van der Waals surface area contributed by atoms with Gasteiger partial charge in [-0.1, -0.05) is 60.7 Å². The van der Waals surface area contributed by atoms with Crippen molar-refractivity contribution in [3.63, 3.8) is 0 Å². The van der Waals surface area contributed by atoms with E-state index in [1.54, 1.807) is 0 Å². The highest BCUT2D eigenvalue weighted by atomic mass is 16.4. The van der Waals surface area contributed by atoms with Gasteiger partial charge in [-0.3, -0.25) is 0 Å². The average Bonchev–Trinajstić information content (AvgIpc) is 2.74. The lowest BCUT2D eigenvalue weighted by Crippen LogP contribution is -2.38. The molecular weight excluding hydrogens is 356 g/mol. The molecule has 28 heavy (non-hydrogen) atoms. The molecule has 0 unspecified atom stereocenters. The summed E-state index contributed by atoms with van der Waals surface area (Å²) >= 11 is 0. The van der Waals surface area contributed by atoms with Crippen LogP contribution in [0.15, 0.2) is 60.7 Å². The Morgan fingerprint density at radius 2 is 1.46 bits per heavy atom. The third kappa shape index (κ3) is 5.93. The van der Waals surface area contributed by atoms with Gasteiger partial charge < -0.3 is 15.5 Å². The van der Waals surface area contributed by atoms with Crippen LogP contribution in [0.5, 0.6) is 0 Å². The van der Waals surface area contributed by atoms with E-state index in [-0.39, 0.29) is 5.41 Å². The van der Waals surface area contributed by atoms with Gasteiger partial charge in [-0.15, -0.1) is 0 Å². The lowest BCUT2D eigenvalue weighted by Gasteiger charge is -2.35. The van der Waals surface area contributed by atoms with E-state index in [9.17, 15) is 5.26 Å². The number of rotatable bonds is 4. The third-order valence-electron chi connectivity index (χ3n) is 5.00. The van der Waals surface area contributed by atoms with Crippen molar-refractivity contribution in [2.75, 3.05) is 0 Å². The molecule has 1 saturated carbocycles. The minimum Gasteiger partial charge on any atom is -0.473 e. The monoisotopic (exact) mass is 380 g/mol. The molecule has 3 N–H and O–H groups in total. The predicted octanol–water partition coefficient (Wildman–Crippen LogP) is 3.34. The fourth-order valence-corrected chi connectivity index (χ4v) is 3.39. The quantitative estimate of drug-likeness (QED) is 0.702. The first-order chi connectivity index (χ1) is 13.5. The number of carboxylic acid groups (broad SMARTS) is 2. The van der Waals surface area contributed by atoms with Crippen LogP contribution in [0.2, 0.25) is 0 Å². The van der Waals surface area contributed by atoms with Gasteiger partial charge in [-0.2, -0.15) is 5.26 Å². The zero-order valence-corrected chi connectivity index (χ0v) is 15.5. The molecule has 2 aromatic carbocycles. The number of aliphatic carboxylic acids is 2. The summed E-state index contributed by atoms with van der Waals surface area (Å²) in [7, 11) is 0. The van der Waals surface area contributed by atoms with E-state index >= 15 is 0 Å². The largest absolute Gasteiger partial charge is 0.473 e. The number of hydrogen-bond donors (Lipinski definition) is 3. The highest BCUT2D eigenvalue weighted by molar-refractivity contribution is 6.27. The molecule has 0 radical (unpaired) electrons. The zero-order chi connectivity index (χ0) is 20.4. The highest BCUT2D eigenvalue weighted by Crippen LogP contribution is 2.38. The fourth-order valence-electron chi connectivity index (χ4n) is 3.39. The third-order valence-corrected chi connectivity index (χ3v) is 5.00. The minimum atomic E-state index is -1.82. The smallest absolute Gasteiger partial charge is 0.414 e. The first kappa shape index (κ1) is 21.1. The number of nitriles is 1. The number of nitrogens with one attached hydrogen (secondary N) is 1. The van der Waals surface area contributed by atoms with Gasteiger partial charge in [0.05, 0.1) is 11.5 Å². The Balaban J connectivity index is 0.000000409. The van der Waals surface area contributed by atoms with Gasteiger partial charge in [0.1, 0.15) is 0 Å². The summed E-state index contributed by atoms with van der Waals surface area (Å²) < 4.78 is 0. The molecule has 0 aromatic heterocycles. The van der Waals surface area contributed by atoms with Crippen molar-refractivity contribution in [2.24, 2.45) is 0 Å². The van der Waals surface area contributed by atoms with Gasteiger partial charge in [0.2, 0.25) is 0 Å². The molecule has 0 spiro atoms. The van der Waals surface area contributed by atoms with Crippen LogP contribution in [0.4, 0.5) is 0 Å². The van der Waals surface area contributed by atoms with Gasteiger partial charge >= 0.3 is 11.9 Å². The van der Waals surface area contributed by atoms with Crippen LogP contribution in [-0.2, 0) is 21.5 Å². The maximum Gasteiger partial charge on any atom is 0.414 e. The van der Waals surface area contributed by atoms with E-state index in [1.165, 1.54) is 11.1 Å². The van der Waals surface area contributed by atoms with Gasteiger partial charge in [0.15, 0.2) is 0 Å². The average molecular weight is 380 g/mol. The molecule has 6 nitrogen and oxygen atoms in total. The molecule has 0 bridgehead atoms. The number of benzene rings is 2. The molecular formula is C22H24N2O4. The highest BCUT2D eigenvalue weighted by Gasteiger charge is 2.36. The summed E-state index contributed by atoms with van der Waals surface area (Å²) in [6.45, 7) is 0.913. The summed E-state index contributed by atoms with van der Waals surface area (Å²) in [6.07, 6.45) is 4.02. The molecule has 0 heterocycles. The first-order valence-electron chi connectivity index (χ1n) is 9.17. The van der Waals surface area contributed by atoms with E-state index in [4.69, 9.17) is 19.8 Å². The zero-order valence-electron chi connectivity index (χ0n) is 15.5. The standard InChI is InChI=1S/C20H22N2.C2H2O4/c21-16-20(18-9-5-2-6-10-18)13-11-19(12-14-20)22-15-17-7-3-1-4-8-17;3-1(4)2(5)6/h1-10,19,22H,11-15H2;(H,3,4)(H,5,6). The van der Waals surface area contributed by atoms with Crippen molar-refractivity contribution in [3.8, 4) is 6.07 Å². The molecule has 1 fully saturated rings. The Labute approximate surface area is 164 Å². The van der Waals surface area contributed by atoms with Crippen LogP contribution >= 0.6 is 0 Å². The van der Waals surface area contributed by atoms with Crippen molar-refractivity contribution >= 4 is 11.9 Å². The summed E-state index contributed by atoms with van der Waals surface area (Å²) in [5.41, 5.74) is 2.22. The normalized spacial score (nSPS) is 20.9. The van der Waals surface area contributed by atoms with E-state index in [2.05, 4.69) is 47.8 Å². The van der Waals surface area contributed by atoms with Crippen LogP contribution in [0.3, 0.4) is 0 Å². The van der Waals surface area contributed by atoms with E-state index < -0.39 is 11.9 Å². The molecule has 0 amide bonds. The van der Waals surface area contributed by atoms with Crippen molar-refractivity contribution in [3.05, 3.63) is 71.8 Å². The van der Waals surface area contributed by atoms with Gasteiger partial charge in [-0.05, 0) is 36.8 Å². The van der Waals surface area contributed by atoms with E-state index in [0.717, 1.165) is 32.2 Å². The molecule has 1 aliphatic rings. The number of nitrogens with zero attached hydrogens (tertiary/aromatic N) is 1. The molecule has 3 rings (SSSR count). The second-order valence-electron chi connectivity index (χ2n) is 6.81. The van der Waals surface area contributed by atoms with Gasteiger partial charge in [0.25, 0.3) is 0 Å². The summed E-state index contributed by atoms with van der Waals surface area (Å²) in [4.78, 5) is 18.2. The molecule has 0 aliphatic heterocycles. The van der Waals surface area contributed by atoms with Crippen molar-refractivity contribution in [1.82, 2.24) is 5.32 Å². The summed E-state index contributed by atoms with van der Waals surface area (Å²) in [6, 6.07) is 23.9. The van der Waals surface area contributed by atoms with Crippen LogP contribution in [0.1, 0.15) is 36.8 Å². The van der Waals surface area contributed by atoms with Crippen molar-refractivity contribution in [2.45, 2.75) is 43.7 Å². The van der Waals surface area contributed by atoms with Crippen LogP contribution in [-0.4, -0.2) is 28.2 Å². The molecule has 2 aromatic rings. The molecule has 6 heteroatoms. The summed E-state index contributed by atoms with van der Waals surface area (Å²) in [5.74, 6) is -3.65. The molecule has 1 aliphatic carbocycles. The first-order valence-corrected chi connectivity index (χ1v) is 9.17. The maximum atomic E-state index is 9.72. The van der Waals surface area contributed by atoms with Crippen molar-refractivity contribution < 1.29 is 19.8 Å². The lowest BCUT2D eigenvalue weighted by molar-refractivity contribution is -0.159. The Hall–Kier alpha value is -3.17. The number of carboxylic acids is 2. The topological polar surface area (TPSA) is 110 Å². The Morgan fingerprint density at radius 3 is 1.93 bits per heavy atom. The second-order valence-corrected chi connectivity index (χ2v) is 6.81. The van der Waals surface area contributed by atoms with Gasteiger partial charge in [-0.25, -0.2) is 9.59 Å². The van der Waals surface area contributed by atoms with Crippen molar-refractivity contribution in [1.29, 1.82) is 5.26 Å². The lowest BCUT2D eigenvalue weighted by atomic mass is 9.69. The molecule has 146 valence electrons. The van der Waals surface area contributed by atoms with Crippen LogP contribution in [0.25, 0.3) is 0 Å². The Kier molecular flexibility index (Phi) is 7.73. The van der Waals surface area contributed by atoms with E-state index in [0.29, 0.717) is 6.04 Å².